The third kappa shape index (κ3) is 2.50. The molecule has 5 rings (SSSR count). The van der Waals surface area contributed by atoms with Crippen molar-refractivity contribution in [3.63, 3.8) is 0 Å². The van der Waals surface area contributed by atoms with Gasteiger partial charge in [-0.15, -0.1) is 0 Å². The Balaban J connectivity index is 1.87. The molecule has 132 valence electrons. The average Bonchev–Trinajstić information content (AvgIpc) is 3.02. The van der Waals surface area contributed by atoms with Crippen molar-refractivity contribution in [2.24, 2.45) is 0 Å². The predicted molar refractivity (Wildman–Crippen MR) is 119 cm³/mol. The van der Waals surface area contributed by atoms with Crippen LogP contribution in [0.15, 0.2) is 79.0 Å². The van der Waals surface area contributed by atoms with Crippen molar-refractivity contribution in [1.29, 1.82) is 0 Å². The van der Waals surface area contributed by atoms with Crippen LogP contribution in [0.5, 0.6) is 0 Å². The molecule has 0 saturated carbocycles. The second kappa shape index (κ2) is 5.79. The van der Waals surface area contributed by atoms with Crippen molar-refractivity contribution < 1.29 is 0 Å². The molecule has 0 saturated heterocycles. The van der Waals surface area contributed by atoms with Crippen molar-refractivity contribution in [2.75, 3.05) is 0 Å². The maximum absolute atomic E-state index is 4.87. The lowest BCUT2D eigenvalue weighted by molar-refractivity contribution is 1.14. The van der Waals surface area contributed by atoms with Crippen LogP contribution in [0.4, 0.5) is 0 Å². The van der Waals surface area contributed by atoms with Gasteiger partial charge in [-0.2, -0.15) is 0 Å². The van der Waals surface area contributed by atoms with E-state index in [1.54, 1.807) is 0 Å². The molecule has 0 amide bonds. The highest BCUT2D eigenvalue weighted by Gasteiger charge is 2.18. The summed E-state index contributed by atoms with van der Waals surface area (Å²) in [6.07, 6.45) is 1.99. The van der Waals surface area contributed by atoms with Crippen LogP contribution in [-0.2, 0) is 0 Å². The van der Waals surface area contributed by atoms with Crippen LogP contribution >= 0.6 is 0 Å². The smallest absolute Gasteiger partial charge is 0.146 e. The molecule has 0 unspecified atom stereocenters. The first kappa shape index (κ1) is 16.3. The molecule has 0 spiro atoms. The molecular formula is C24H22N2Si. The summed E-state index contributed by atoms with van der Waals surface area (Å²) in [6.45, 7) is 7.16. The second-order valence-electron chi connectivity index (χ2n) is 8.19. The Hall–Kier alpha value is -2.91. The van der Waals surface area contributed by atoms with E-state index in [0.29, 0.717) is 0 Å². The Morgan fingerprint density at radius 1 is 0.741 bits per heavy atom. The van der Waals surface area contributed by atoms with Gasteiger partial charge in [0, 0.05) is 28.0 Å². The van der Waals surface area contributed by atoms with Crippen LogP contribution in [0, 0.1) is 0 Å². The molecule has 0 aliphatic heterocycles. The highest BCUT2D eigenvalue weighted by molar-refractivity contribution is 6.88. The lowest BCUT2D eigenvalue weighted by atomic mass is 10.1. The van der Waals surface area contributed by atoms with Crippen molar-refractivity contribution >= 4 is 46.0 Å². The van der Waals surface area contributed by atoms with Crippen molar-refractivity contribution in [3.05, 3.63) is 79.0 Å². The molecule has 0 atom stereocenters. The number of pyridine rings is 1. The van der Waals surface area contributed by atoms with Gasteiger partial charge in [0.25, 0.3) is 0 Å². The van der Waals surface area contributed by atoms with Gasteiger partial charge in [0.05, 0.1) is 13.6 Å². The van der Waals surface area contributed by atoms with E-state index >= 15 is 0 Å². The summed E-state index contributed by atoms with van der Waals surface area (Å²) in [5.41, 5.74) is 3.40. The van der Waals surface area contributed by atoms with Gasteiger partial charge in [0.1, 0.15) is 5.65 Å². The van der Waals surface area contributed by atoms with Crippen LogP contribution in [-0.4, -0.2) is 17.6 Å². The topological polar surface area (TPSA) is 17.8 Å². The molecule has 2 aromatic heterocycles. The molecule has 27 heavy (non-hydrogen) atoms. The Morgan fingerprint density at radius 3 is 2.15 bits per heavy atom. The summed E-state index contributed by atoms with van der Waals surface area (Å²) in [5, 5.41) is 6.41. The fourth-order valence-corrected chi connectivity index (χ4v) is 5.12. The van der Waals surface area contributed by atoms with E-state index in [4.69, 9.17) is 4.98 Å². The van der Waals surface area contributed by atoms with E-state index in [-0.39, 0.29) is 0 Å². The first-order valence-corrected chi connectivity index (χ1v) is 12.9. The lowest BCUT2D eigenvalue weighted by Gasteiger charge is -2.17. The number of hydrogen-bond acceptors (Lipinski definition) is 1. The van der Waals surface area contributed by atoms with Crippen LogP contribution in [0.1, 0.15) is 0 Å². The Bertz CT molecular complexity index is 1290. The van der Waals surface area contributed by atoms with Gasteiger partial charge in [-0.3, -0.25) is 4.57 Å². The molecular weight excluding hydrogens is 344 g/mol. The SMILES string of the molecule is C[Si](C)(C)c1ccc(-n2c3ccccc3c3c4ccccc4cnc32)cc1. The average molecular weight is 367 g/mol. The Labute approximate surface area is 160 Å². The molecule has 0 radical (unpaired) electrons. The van der Waals surface area contributed by atoms with Crippen molar-refractivity contribution in [2.45, 2.75) is 19.6 Å². The molecule has 5 aromatic rings. The fraction of sp³-hybridized carbons (Fsp3) is 0.125. The van der Waals surface area contributed by atoms with Crippen LogP contribution in [0.25, 0.3) is 38.4 Å². The number of hydrogen-bond donors (Lipinski definition) is 0. The molecule has 3 aromatic carbocycles. The predicted octanol–water partition coefficient (Wildman–Crippen LogP) is 5.88. The van der Waals surface area contributed by atoms with E-state index in [9.17, 15) is 0 Å². The maximum Gasteiger partial charge on any atom is 0.146 e. The summed E-state index contributed by atoms with van der Waals surface area (Å²) in [6, 6.07) is 26.2. The van der Waals surface area contributed by atoms with Gasteiger partial charge in [0.2, 0.25) is 0 Å². The van der Waals surface area contributed by atoms with Gasteiger partial charge in [0.15, 0.2) is 0 Å². The normalized spacial score (nSPS) is 12.3. The molecule has 2 nitrogen and oxygen atoms in total. The summed E-state index contributed by atoms with van der Waals surface area (Å²) in [5.74, 6) is 0. The number of aromatic nitrogens is 2. The standard InChI is InChI=1S/C24H22N2Si/c1-27(2,3)19-14-12-18(13-15-19)26-22-11-7-6-10-21(22)23-20-9-5-4-8-17(20)16-25-24(23)26/h4-16H,1-3H3. The van der Waals surface area contributed by atoms with E-state index in [1.165, 1.54) is 37.9 Å². The van der Waals surface area contributed by atoms with E-state index < -0.39 is 8.07 Å². The molecule has 3 heteroatoms. The molecule has 0 aliphatic rings. The zero-order valence-corrected chi connectivity index (χ0v) is 16.9. The van der Waals surface area contributed by atoms with Crippen LogP contribution in [0.2, 0.25) is 19.6 Å². The number of nitrogens with zero attached hydrogens (tertiary/aromatic N) is 2. The quantitative estimate of drug-likeness (QED) is 0.357. The number of rotatable bonds is 2. The van der Waals surface area contributed by atoms with Crippen molar-refractivity contribution in [3.8, 4) is 5.69 Å². The van der Waals surface area contributed by atoms with Gasteiger partial charge in [-0.25, -0.2) is 4.98 Å². The van der Waals surface area contributed by atoms with Crippen LogP contribution in [0.3, 0.4) is 0 Å². The minimum absolute atomic E-state index is 1.02. The van der Waals surface area contributed by atoms with Crippen LogP contribution < -0.4 is 5.19 Å². The Kier molecular flexibility index (Phi) is 3.49. The van der Waals surface area contributed by atoms with E-state index in [0.717, 1.165) is 5.65 Å². The Morgan fingerprint density at radius 2 is 1.41 bits per heavy atom. The molecule has 2 heterocycles. The summed E-state index contributed by atoms with van der Waals surface area (Å²) >= 11 is 0. The maximum atomic E-state index is 4.87. The molecule has 0 bridgehead atoms. The molecule has 0 aliphatic carbocycles. The third-order valence-corrected chi connectivity index (χ3v) is 7.46. The summed E-state index contributed by atoms with van der Waals surface area (Å²) in [4.78, 5) is 4.87. The minimum atomic E-state index is -1.31. The highest BCUT2D eigenvalue weighted by atomic mass is 28.3. The molecule has 0 fully saturated rings. The van der Waals surface area contributed by atoms with E-state index in [1.807, 2.05) is 6.20 Å². The minimum Gasteiger partial charge on any atom is -0.294 e. The zero-order valence-electron chi connectivity index (χ0n) is 15.9. The fourth-order valence-electron chi connectivity index (χ4n) is 3.95. The second-order valence-corrected chi connectivity index (χ2v) is 13.3. The monoisotopic (exact) mass is 366 g/mol. The number of para-hydroxylation sites is 1. The first-order chi connectivity index (χ1) is 13.0. The van der Waals surface area contributed by atoms with Gasteiger partial charge < -0.3 is 0 Å². The van der Waals surface area contributed by atoms with Gasteiger partial charge in [-0.1, -0.05) is 79.4 Å². The first-order valence-electron chi connectivity index (χ1n) is 9.42. The molecule has 0 N–H and O–H groups in total. The number of fused-ring (bicyclic) bond motifs is 5. The van der Waals surface area contributed by atoms with Gasteiger partial charge in [-0.05, 0) is 23.6 Å². The van der Waals surface area contributed by atoms with E-state index in [2.05, 4.69) is 97.0 Å². The zero-order chi connectivity index (χ0) is 18.6. The summed E-state index contributed by atoms with van der Waals surface area (Å²) < 4.78 is 2.30. The number of benzene rings is 3. The highest BCUT2D eigenvalue weighted by Crippen LogP contribution is 2.35. The lowest BCUT2D eigenvalue weighted by Crippen LogP contribution is -2.37. The van der Waals surface area contributed by atoms with Crippen molar-refractivity contribution in [1.82, 2.24) is 9.55 Å². The largest absolute Gasteiger partial charge is 0.294 e. The summed E-state index contributed by atoms with van der Waals surface area (Å²) in [7, 11) is -1.31. The van der Waals surface area contributed by atoms with Gasteiger partial charge >= 0.3 is 0 Å². The third-order valence-electron chi connectivity index (χ3n) is 5.40.